The Kier molecular flexibility index (Phi) is 6.65. The molecule has 2 saturated heterocycles. The van der Waals surface area contributed by atoms with Crippen molar-refractivity contribution in [3.8, 4) is 0 Å². The number of carbonyl (C=O) groups excluding carboxylic acids is 3. The van der Waals surface area contributed by atoms with Crippen LogP contribution in [-0.2, 0) is 36.9 Å². The summed E-state index contributed by atoms with van der Waals surface area (Å²) in [4.78, 5) is 50.2. The van der Waals surface area contributed by atoms with Crippen LogP contribution in [0.4, 0.5) is 0 Å². The molecule has 2 unspecified atom stereocenters. The van der Waals surface area contributed by atoms with E-state index in [2.05, 4.69) is 23.1 Å². The van der Waals surface area contributed by atoms with E-state index in [1.807, 2.05) is 21.5 Å². The van der Waals surface area contributed by atoms with Crippen LogP contribution < -0.4 is 0 Å². The third-order valence-corrected chi connectivity index (χ3v) is 14.3. The summed E-state index contributed by atoms with van der Waals surface area (Å²) in [6.45, 7) is 9.79. The monoisotopic (exact) mass is 656 g/mol. The van der Waals surface area contributed by atoms with Crippen LogP contribution in [0.5, 0.6) is 0 Å². The van der Waals surface area contributed by atoms with Crippen LogP contribution in [0.1, 0.15) is 57.8 Å². The van der Waals surface area contributed by atoms with E-state index in [0.717, 1.165) is 11.1 Å². The lowest BCUT2D eigenvalue weighted by Gasteiger charge is -2.58. The van der Waals surface area contributed by atoms with Gasteiger partial charge in [0.1, 0.15) is 29.2 Å². The second kappa shape index (κ2) is 10.5. The highest BCUT2D eigenvalue weighted by atomic mass is 16.6. The smallest absolute Gasteiger partial charge is 0.311 e. The standard InChI is InChI=1S/C37H44N4O7/c1-20-4-6-22-26(16-40-12-10-38-18-40)33(43)47-31(22)29-24(20)14-28(42)35(29)8-3-9-36(45)30-25(15-37(35,36)46)21(2)5-7-23-27(34(44)48-32(23)30)17-41-13-11-39-19-41/h10-13,18-19,22-27,29-32,45-46H,1-9,14-17H2/t22-,23-,24-,25-,26?,27?,29-,30-,31-,32-,35+,36-,37-/m0/s1. The fourth-order valence-corrected chi connectivity index (χ4v) is 12.2. The van der Waals surface area contributed by atoms with Crippen molar-refractivity contribution in [2.24, 2.45) is 52.8 Å². The van der Waals surface area contributed by atoms with Gasteiger partial charge in [-0.25, -0.2) is 9.97 Å². The molecule has 5 saturated carbocycles. The largest absolute Gasteiger partial charge is 0.461 e. The second-order valence-corrected chi connectivity index (χ2v) is 16.0. The number of hydrogen-bond donors (Lipinski definition) is 2. The van der Waals surface area contributed by atoms with Crippen molar-refractivity contribution in [3.63, 3.8) is 0 Å². The number of hydrogen-bond acceptors (Lipinski definition) is 9. The maximum absolute atomic E-state index is 14.8. The molecule has 2 aliphatic heterocycles. The summed E-state index contributed by atoms with van der Waals surface area (Å²) < 4.78 is 16.3. The summed E-state index contributed by atoms with van der Waals surface area (Å²) >= 11 is 0. The van der Waals surface area contributed by atoms with Gasteiger partial charge in [0.15, 0.2) is 0 Å². The molecule has 48 heavy (non-hydrogen) atoms. The molecule has 0 amide bonds. The maximum atomic E-state index is 14.8. The van der Waals surface area contributed by atoms with Crippen LogP contribution in [0.3, 0.4) is 0 Å². The van der Waals surface area contributed by atoms with Gasteiger partial charge in [-0.3, -0.25) is 14.4 Å². The summed E-state index contributed by atoms with van der Waals surface area (Å²) in [7, 11) is 0. The first kappa shape index (κ1) is 30.5. The zero-order chi connectivity index (χ0) is 33.2. The minimum Gasteiger partial charge on any atom is -0.461 e. The van der Waals surface area contributed by atoms with Gasteiger partial charge in [-0.05, 0) is 63.2 Å². The second-order valence-electron chi connectivity index (χ2n) is 16.0. The zero-order valence-corrected chi connectivity index (χ0v) is 27.2. The third kappa shape index (κ3) is 3.86. The van der Waals surface area contributed by atoms with Crippen LogP contribution in [0, 0.1) is 52.8 Å². The van der Waals surface area contributed by atoms with Gasteiger partial charge in [-0.2, -0.15) is 0 Å². The van der Waals surface area contributed by atoms with Crippen molar-refractivity contribution in [1.29, 1.82) is 0 Å². The summed E-state index contributed by atoms with van der Waals surface area (Å²) in [6.07, 6.45) is 13.5. The number of nitrogens with zero attached hydrogens (tertiary/aromatic N) is 4. The molecule has 9 rings (SSSR count). The Labute approximate surface area is 279 Å². The minimum atomic E-state index is -1.83. The van der Waals surface area contributed by atoms with E-state index in [1.54, 1.807) is 25.0 Å². The third-order valence-electron chi connectivity index (χ3n) is 14.3. The highest BCUT2D eigenvalue weighted by molar-refractivity contribution is 5.91. The van der Waals surface area contributed by atoms with Crippen LogP contribution in [0.2, 0.25) is 0 Å². The number of esters is 2. The number of rotatable bonds is 4. The summed E-state index contributed by atoms with van der Waals surface area (Å²) in [5, 5.41) is 26.6. The Morgan fingerprint density at radius 2 is 1.38 bits per heavy atom. The molecule has 5 aliphatic carbocycles. The molecule has 2 N–H and O–H groups in total. The van der Waals surface area contributed by atoms with E-state index in [-0.39, 0.29) is 60.7 Å². The molecule has 254 valence electrons. The van der Waals surface area contributed by atoms with Crippen LogP contribution in [0.15, 0.2) is 61.7 Å². The van der Waals surface area contributed by atoms with E-state index < -0.39 is 52.5 Å². The molecule has 7 fully saturated rings. The van der Waals surface area contributed by atoms with Gasteiger partial charge in [0.05, 0.1) is 29.9 Å². The van der Waals surface area contributed by atoms with Gasteiger partial charge in [-0.15, -0.1) is 0 Å². The van der Waals surface area contributed by atoms with E-state index in [0.29, 0.717) is 51.6 Å². The Hall–Kier alpha value is -3.57. The van der Waals surface area contributed by atoms with Gasteiger partial charge in [0.25, 0.3) is 0 Å². The highest BCUT2D eigenvalue weighted by Crippen LogP contribution is 2.72. The molecule has 4 heterocycles. The van der Waals surface area contributed by atoms with E-state index >= 15 is 0 Å². The van der Waals surface area contributed by atoms with Crippen LogP contribution >= 0.6 is 0 Å². The Morgan fingerprint density at radius 1 is 0.812 bits per heavy atom. The van der Waals surface area contributed by atoms with Crippen molar-refractivity contribution in [2.75, 3.05) is 0 Å². The van der Waals surface area contributed by atoms with Crippen molar-refractivity contribution < 1.29 is 34.1 Å². The maximum Gasteiger partial charge on any atom is 0.311 e. The molecule has 0 bridgehead atoms. The predicted octanol–water partition coefficient (Wildman–Crippen LogP) is 3.27. The zero-order valence-electron chi connectivity index (χ0n) is 27.2. The number of allylic oxidation sites excluding steroid dienone is 2. The molecule has 11 nitrogen and oxygen atoms in total. The van der Waals surface area contributed by atoms with Gasteiger partial charge in [-0.1, -0.05) is 24.3 Å². The van der Waals surface area contributed by atoms with Crippen LogP contribution in [-0.4, -0.2) is 70.4 Å². The SMILES string of the molecule is C=C1CC[C@H]2C(Cn3ccnc3)C(=O)O[C@@H]2[C@@H]2[C@H]1C[C@@]1(O)[C@]2(O)CCC[C@]12C(=O)C[C@H]1C(=C)CC[C@H]3C(Cn4ccnc4)C(=O)O[C@@H]3[C@H]12. The predicted molar refractivity (Wildman–Crippen MR) is 169 cm³/mol. The molecule has 0 radical (unpaired) electrons. The molecule has 1 spiro atoms. The first-order valence-corrected chi connectivity index (χ1v) is 17.7. The summed E-state index contributed by atoms with van der Waals surface area (Å²) in [6, 6.07) is 0. The fourth-order valence-electron chi connectivity index (χ4n) is 12.2. The topological polar surface area (TPSA) is 146 Å². The Morgan fingerprint density at radius 3 is 1.94 bits per heavy atom. The van der Waals surface area contributed by atoms with Gasteiger partial charge < -0.3 is 28.8 Å². The number of aliphatic hydroxyl groups is 2. The van der Waals surface area contributed by atoms with E-state index in [4.69, 9.17) is 9.47 Å². The van der Waals surface area contributed by atoms with Gasteiger partial charge in [0.2, 0.25) is 0 Å². The van der Waals surface area contributed by atoms with Crippen molar-refractivity contribution in [1.82, 2.24) is 19.1 Å². The number of aromatic nitrogens is 4. The first-order valence-electron chi connectivity index (χ1n) is 17.7. The van der Waals surface area contributed by atoms with Gasteiger partial charge >= 0.3 is 11.9 Å². The number of imidazole rings is 2. The van der Waals surface area contributed by atoms with Gasteiger partial charge in [0, 0.05) is 68.0 Å². The number of carbonyl (C=O) groups is 3. The number of Topliss-reactive ketones (excluding diaryl/α,β-unsaturated/α-hetero) is 1. The fraction of sp³-hybridized carbons (Fsp3) is 0.649. The number of ketones is 1. The molecule has 0 aromatic carbocycles. The quantitative estimate of drug-likeness (QED) is 0.374. The Bertz CT molecular complexity index is 1690. The minimum absolute atomic E-state index is 0.0749. The highest BCUT2D eigenvalue weighted by Gasteiger charge is 2.81. The molecule has 13 atom stereocenters. The molecule has 2 aromatic heterocycles. The molecular weight excluding hydrogens is 612 g/mol. The number of ether oxygens (including phenoxy) is 2. The molecule has 2 aromatic rings. The van der Waals surface area contributed by atoms with E-state index in [1.165, 1.54) is 0 Å². The van der Waals surface area contributed by atoms with Crippen molar-refractivity contribution in [2.45, 2.75) is 94.3 Å². The lowest BCUT2D eigenvalue weighted by atomic mass is 9.49. The Balaban J connectivity index is 1.13. The average molecular weight is 657 g/mol. The lowest BCUT2D eigenvalue weighted by molar-refractivity contribution is -0.256. The molecular formula is C37H44N4O7. The van der Waals surface area contributed by atoms with E-state index in [9.17, 15) is 24.6 Å². The van der Waals surface area contributed by atoms with Crippen molar-refractivity contribution in [3.05, 3.63) is 61.7 Å². The normalized spacial score (nSPS) is 46.3. The summed E-state index contributed by atoms with van der Waals surface area (Å²) in [5.74, 6) is -3.54. The average Bonchev–Trinajstić information content (AvgIpc) is 3.89. The lowest BCUT2D eigenvalue weighted by Crippen LogP contribution is -2.71. The number of fused-ring (bicyclic) bond motifs is 10. The molecule has 7 aliphatic rings. The first-order chi connectivity index (χ1) is 23.1. The summed E-state index contributed by atoms with van der Waals surface area (Å²) in [5.41, 5.74) is -2.99. The molecule has 11 heteroatoms. The van der Waals surface area contributed by atoms with Crippen molar-refractivity contribution >= 4 is 17.7 Å². The van der Waals surface area contributed by atoms with Crippen LogP contribution in [0.25, 0.3) is 0 Å².